The third-order valence-corrected chi connectivity index (χ3v) is 6.81. The number of halogens is 1. The fraction of sp³-hybridized carbons (Fsp3) is 0.222. The molecule has 1 aromatic heterocycles. The molecule has 2 heterocycles. The standard InChI is InChI=1S/C27H24FN3O4S/c28-19-9-11-20(12-10-19)31-26(33)21-5-1-2-6-22(21)30-27(31)36-14-4-3-7-25(32)29-16-18-8-13-23-24(15-18)35-17-34-23/h1-2,5-6,8-13,15H,3-4,7,14,16-17H2,(H,29,32). The highest BCUT2D eigenvalue weighted by atomic mass is 32.2. The number of amides is 1. The Morgan fingerprint density at radius 1 is 1.03 bits per heavy atom. The molecule has 3 aromatic carbocycles. The summed E-state index contributed by atoms with van der Waals surface area (Å²) in [5.74, 6) is 1.70. The number of carbonyl (C=O) groups is 1. The van der Waals surface area contributed by atoms with Crippen molar-refractivity contribution in [3.8, 4) is 17.2 Å². The Kier molecular flexibility index (Phi) is 7.18. The lowest BCUT2D eigenvalue weighted by Gasteiger charge is -2.13. The van der Waals surface area contributed by atoms with Crippen molar-refractivity contribution in [2.24, 2.45) is 0 Å². The van der Waals surface area contributed by atoms with Gasteiger partial charge in [0.05, 0.1) is 16.6 Å². The summed E-state index contributed by atoms with van der Waals surface area (Å²) in [6, 6.07) is 18.6. The Hall–Kier alpha value is -3.85. The van der Waals surface area contributed by atoms with E-state index >= 15 is 0 Å². The van der Waals surface area contributed by atoms with Crippen molar-refractivity contribution in [3.05, 3.63) is 88.5 Å². The Balaban J connectivity index is 1.17. The first-order valence-corrected chi connectivity index (χ1v) is 12.6. The minimum absolute atomic E-state index is 0.0234. The van der Waals surface area contributed by atoms with Crippen LogP contribution in [0.3, 0.4) is 0 Å². The number of rotatable bonds is 9. The first kappa shape index (κ1) is 23.9. The summed E-state index contributed by atoms with van der Waals surface area (Å²) in [4.78, 5) is 30.2. The number of hydrogen-bond acceptors (Lipinski definition) is 6. The van der Waals surface area contributed by atoms with Crippen LogP contribution in [0.2, 0.25) is 0 Å². The Morgan fingerprint density at radius 3 is 2.69 bits per heavy atom. The van der Waals surface area contributed by atoms with E-state index in [-0.39, 0.29) is 24.1 Å². The molecule has 0 saturated carbocycles. The van der Waals surface area contributed by atoms with Gasteiger partial charge in [-0.05, 0) is 66.9 Å². The summed E-state index contributed by atoms with van der Waals surface area (Å²) in [6.07, 6.45) is 1.88. The fourth-order valence-electron chi connectivity index (χ4n) is 3.92. The molecular weight excluding hydrogens is 481 g/mol. The van der Waals surface area contributed by atoms with Crippen molar-refractivity contribution in [1.82, 2.24) is 14.9 Å². The molecule has 0 atom stereocenters. The highest BCUT2D eigenvalue weighted by molar-refractivity contribution is 7.99. The van der Waals surface area contributed by atoms with Crippen LogP contribution in [-0.2, 0) is 11.3 Å². The van der Waals surface area contributed by atoms with E-state index < -0.39 is 0 Å². The SMILES string of the molecule is O=C(CCCCSc1nc2ccccc2c(=O)n1-c1ccc(F)cc1)NCc1ccc2c(c1)OCO2. The number of fused-ring (bicyclic) bond motifs is 2. The normalized spacial score (nSPS) is 12.1. The lowest BCUT2D eigenvalue weighted by molar-refractivity contribution is -0.121. The Bertz CT molecular complexity index is 1460. The van der Waals surface area contributed by atoms with Crippen molar-refractivity contribution >= 4 is 28.6 Å². The number of benzene rings is 3. The van der Waals surface area contributed by atoms with Gasteiger partial charge >= 0.3 is 0 Å². The van der Waals surface area contributed by atoms with E-state index in [1.165, 1.54) is 28.5 Å². The Labute approximate surface area is 211 Å². The van der Waals surface area contributed by atoms with E-state index in [0.717, 1.165) is 12.0 Å². The van der Waals surface area contributed by atoms with Crippen molar-refractivity contribution in [2.45, 2.75) is 31.0 Å². The quantitative estimate of drug-likeness (QED) is 0.199. The predicted molar refractivity (Wildman–Crippen MR) is 136 cm³/mol. The van der Waals surface area contributed by atoms with Gasteiger partial charge in [-0.15, -0.1) is 0 Å². The van der Waals surface area contributed by atoms with Crippen LogP contribution >= 0.6 is 11.8 Å². The number of ether oxygens (including phenoxy) is 2. The van der Waals surface area contributed by atoms with E-state index in [0.29, 0.717) is 58.4 Å². The number of unbranched alkanes of at least 4 members (excludes halogenated alkanes) is 1. The topological polar surface area (TPSA) is 82.5 Å². The predicted octanol–water partition coefficient (Wildman–Crippen LogP) is 4.83. The first-order chi connectivity index (χ1) is 17.6. The maximum atomic E-state index is 13.5. The summed E-state index contributed by atoms with van der Waals surface area (Å²) >= 11 is 1.45. The van der Waals surface area contributed by atoms with Crippen molar-refractivity contribution < 1.29 is 18.7 Å². The van der Waals surface area contributed by atoms with Crippen LogP contribution in [-0.4, -0.2) is 28.0 Å². The third-order valence-electron chi connectivity index (χ3n) is 5.79. The van der Waals surface area contributed by atoms with Crippen LogP contribution in [0.1, 0.15) is 24.8 Å². The average Bonchev–Trinajstić information content (AvgIpc) is 3.36. The monoisotopic (exact) mass is 505 g/mol. The van der Waals surface area contributed by atoms with Gasteiger partial charge in [0, 0.05) is 18.7 Å². The van der Waals surface area contributed by atoms with Gasteiger partial charge in [-0.2, -0.15) is 0 Å². The van der Waals surface area contributed by atoms with Crippen molar-refractivity contribution in [1.29, 1.82) is 0 Å². The van der Waals surface area contributed by atoms with Gasteiger partial charge in [-0.1, -0.05) is 30.0 Å². The van der Waals surface area contributed by atoms with Gasteiger partial charge in [-0.25, -0.2) is 9.37 Å². The van der Waals surface area contributed by atoms with Crippen LogP contribution in [0.25, 0.3) is 16.6 Å². The van der Waals surface area contributed by atoms with Gasteiger partial charge in [0.1, 0.15) is 5.82 Å². The summed E-state index contributed by atoms with van der Waals surface area (Å²) in [5, 5.41) is 3.98. The first-order valence-electron chi connectivity index (χ1n) is 11.6. The average molecular weight is 506 g/mol. The molecule has 1 aliphatic heterocycles. The molecule has 0 spiro atoms. The van der Waals surface area contributed by atoms with Gasteiger partial charge in [0.2, 0.25) is 12.7 Å². The molecular formula is C27H24FN3O4S. The van der Waals surface area contributed by atoms with E-state index in [9.17, 15) is 14.0 Å². The summed E-state index contributed by atoms with van der Waals surface area (Å²) in [5.41, 5.74) is 1.93. The molecule has 4 aromatic rings. The van der Waals surface area contributed by atoms with E-state index in [1.807, 2.05) is 24.3 Å². The molecule has 1 amide bonds. The lowest BCUT2D eigenvalue weighted by Crippen LogP contribution is -2.22. The third kappa shape index (κ3) is 5.36. The zero-order valence-corrected chi connectivity index (χ0v) is 20.2. The van der Waals surface area contributed by atoms with Crippen molar-refractivity contribution in [2.75, 3.05) is 12.5 Å². The van der Waals surface area contributed by atoms with E-state index in [4.69, 9.17) is 9.47 Å². The molecule has 0 radical (unpaired) electrons. The fourth-order valence-corrected chi connectivity index (χ4v) is 4.93. The van der Waals surface area contributed by atoms with E-state index in [2.05, 4.69) is 10.3 Å². The van der Waals surface area contributed by atoms with Crippen LogP contribution < -0.4 is 20.3 Å². The second-order valence-electron chi connectivity index (χ2n) is 8.30. The largest absolute Gasteiger partial charge is 0.454 e. The molecule has 0 unspecified atom stereocenters. The van der Waals surface area contributed by atoms with Gasteiger partial charge in [-0.3, -0.25) is 14.2 Å². The van der Waals surface area contributed by atoms with Crippen LogP contribution in [0.5, 0.6) is 11.5 Å². The van der Waals surface area contributed by atoms with Gasteiger partial charge < -0.3 is 14.8 Å². The lowest BCUT2D eigenvalue weighted by atomic mass is 10.2. The molecule has 36 heavy (non-hydrogen) atoms. The summed E-state index contributed by atoms with van der Waals surface area (Å²) in [6.45, 7) is 0.646. The minimum atomic E-state index is -0.369. The number of aromatic nitrogens is 2. The second-order valence-corrected chi connectivity index (χ2v) is 9.36. The van der Waals surface area contributed by atoms with Crippen LogP contribution in [0.15, 0.2) is 76.7 Å². The van der Waals surface area contributed by atoms with Gasteiger partial charge in [0.25, 0.3) is 5.56 Å². The van der Waals surface area contributed by atoms with Gasteiger partial charge in [0.15, 0.2) is 16.7 Å². The zero-order chi connectivity index (χ0) is 24.9. The Morgan fingerprint density at radius 2 is 1.83 bits per heavy atom. The number of hydrogen-bond donors (Lipinski definition) is 1. The van der Waals surface area contributed by atoms with Crippen LogP contribution in [0.4, 0.5) is 4.39 Å². The molecule has 0 aliphatic carbocycles. The summed E-state index contributed by atoms with van der Waals surface area (Å²) < 4.78 is 25.6. The molecule has 0 saturated heterocycles. The molecule has 7 nitrogen and oxygen atoms in total. The van der Waals surface area contributed by atoms with Crippen molar-refractivity contribution in [3.63, 3.8) is 0 Å². The molecule has 1 N–H and O–H groups in total. The van der Waals surface area contributed by atoms with E-state index in [1.54, 1.807) is 30.3 Å². The second kappa shape index (κ2) is 10.8. The molecule has 0 fully saturated rings. The highest BCUT2D eigenvalue weighted by Crippen LogP contribution is 2.32. The molecule has 0 bridgehead atoms. The maximum absolute atomic E-state index is 13.5. The number of nitrogens with one attached hydrogen (secondary N) is 1. The number of carbonyl (C=O) groups excluding carboxylic acids is 1. The molecule has 1 aliphatic rings. The minimum Gasteiger partial charge on any atom is -0.454 e. The molecule has 184 valence electrons. The molecule has 5 rings (SSSR count). The van der Waals surface area contributed by atoms with Crippen LogP contribution in [0, 0.1) is 5.82 Å². The number of para-hydroxylation sites is 1. The number of thioether (sulfide) groups is 1. The smallest absolute Gasteiger partial charge is 0.266 e. The zero-order valence-electron chi connectivity index (χ0n) is 19.4. The summed E-state index contributed by atoms with van der Waals surface area (Å²) in [7, 11) is 0. The highest BCUT2D eigenvalue weighted by Gasteiger charge is 2.15. The maximum Gasteiger partial charge on any atom is 0.266 e. The number of nitrogens with zero attached hydrogens (tertiary/aromatic N) is 2. The molecule has 9 heteroatoms.